The second kappa shape index (κ2) is 7.58. The van der Waals surface area contributed by atoms with Crippen molar-refractivity contribution in [3.05, 3.63) is 71.6 Å². The summed E-state index contributed by atoms with van der Waals surface area (Å²) in [4.78, 5) is 16.5. The van der Waals surface area contributed by atoms with E-state index in [1.54, 1.807) is 37.1 Å². The molecule has 0 saturated carbocycles. The number of hydrogen-bond donors (Lipinski definition) is 1. The molecule has 134 valence electrons. The highest BCUT2D eigenvalue weighted by atomic mass is 35.5. The highest BCUT2D eigenvalue weighted by Crippen LogP contribution is 2.27. The van der Waals surface area contributed by atoms with Gasteiger partial charge < -0.3 is 10.1 Å². The summed E-state index contributed by atoms with van der Waals surface area (Å²) in [6.07, 6.45) is 5.03. The average Bonchev–Trinajstić information content (AvgIpc) is 3.01. The van der Waals surface area contributed by atoms with Gasteiger partial charge in [-0.25, -0.2) is 4.68 Å². The molecule has 0 fully saturated rings. The number of ether oxygens (including phenoxy) is 1. The van der Waals surface area contributed by atoms with Gasteiger partial charge in [0.25, 0.3) is 11.8 Å². The van der Waals surface area contributed by atoms with Gasteiger partial charge in [0.1, 0.15) is 5.02 Å². The molecule has 0 spiro atoms. The predicted molar refractivity (Wildman–Crippen MR) is 99.4 cm³/mol. The lowest BCUT2D eigenvalue weighted by Crippen LogP contribution is -2.46. The maximum absolute atomic E-state index is 12.5. The number of rotatable bonds is 6. The van der Waals surface area contributed by atoms with Crippen LogP contribution >= 0.6 is 11.6 Å². The van der Waals surface area contributed by atoms with Crippen LogP contribution in [0.4, 0.5) is 0 Å². The van der Waals surface area contributed by atoms with Gasteiger partial charge in [0, 0.05) is 18.9 Å². The molecule has 0 atom stereocenters. The zero-order chi connectivity index (χ0) is 18.6. The smallest absolute Gasteiger partial charge is 0.263 e. The van der Waals surface area contributed by atoms with E-state index < -0.39 is 5.60 Å². The highest BCUT2D eigenvalue weighted by Gasteiger charge is 2.31. The molecule has 2 aromatic heterocycles. The number of para-hydroxylation sites is 1. The Labute approximate surface area is 156 Å². The minimum Gasteiger partial charge on any atom is -0.459 e. The van der Waals surface area contributed by atoms with Crippen LogP contribution in [0.5, 0.6) is 5.88 Å². The molecule has 0 saturated heterocycles. The number of pyridine rings is 1. The fourth-order valence-corrected chi connectivity index (χ4v) is 2.47. The number of halogens is 1. The van der Waals surface area contributed by atoms with Gasteiger partial charge in [0.15, 0.2) is 5.60 Å². The summed E-state index contributed by atoms with van der Waals surface area (Å²) >= 11 is 6.23. The third kappa shape index (κ3) is 4.21. The summed E-state index contributed by atoms with van der Waals surface area (Å²) in [6.45, 7) is 3.71. The van der Waals surface area contributed by atoms with E-state index in [1.165, 1.54) is 0 Å². The highest BCUT2D eigenvalue weighted by molar-refractivity contribution is 6.31. The van der Waals surface area contributed by atoms with Crippen molar-refractivity contribution in [3.63, 3.8) is 0 Å². The number of carbonyl (C=O) groups excluding carboxylic acids is 1. The summed E-state index contributed by atoms with van der Waals surface area (Å²) in [5, 5.41) is 7.51. The Morgan fingerprint density at radius 1 is 1.23 bits per heavy atom. The first-order valence-electron chi connectivity index (χ1n) is 8.12. The molecule has 1 aromatic carbocycles. The SMILES string of the molecule is CC(C)(Oc1nn(-c2ccccc2)cc1Cl)C(=O)NCc1cccnc1. The molecule has 6 nitrogen and oxygen atoms in total. The predicted octanol–water partition coefficient (Wildman–Crippen LogP) is 3.39. The molecule has 2 heterocycles. The van der Waals surface area contributed by atoms with Crippen LogP contribution in [0.3, 0.4) is 0 Å². The van der Waals surface area contributed by atoms with Crippen molar-refractivity contribution >= 4 is 17.5 Å². The Bertz CT molecular complexity index is 879. The second-order valence-electron chi connectivity index (χ2n) is 6.22. The molecule has 1 N–H and O–H groups in total. The quantitative estimate of drug-likeness (QED) is 0.722. The number of hydrogen-bond acceptors (Lipinski definition) is 4. The second-order valence-corrected chi connectivity index (χ2v) is 6.63. The molecule has 0 radical (unpaired) electrons. The lowest BCUT2D eigenvalue weighted by atomic mass is 10.1. The van der Waals surface area contributed by atoms with Gasteiger partial charge >= 0.3 is 0 Å². The van der Waals surface area contributed by atoms with Crippen LogP contribution in [-0.4, -0.2) is 26.3 Å². The molecule has 7 heteroatoms. The molecule has 0 aliphatic rings. The Morgan fingerprint density at radius 3 is 2.69 bits per heavy atom. The first-order valence-corrected chi connectivity index (χ1v) is 8.50. The van der Waals surface area contributed by atoms with Crippen LogP contribution in [0.2, 0.25) is 5.02 Å². The standard InChI is InChI=1S/C19H19ClN4O2/c1-19(2,18(25)22-12-14-7-6-10-21-11-14)26-17-16(20)13-24(23-17)15-8-4-3-5-9-15/h3-11,13H,12H2,1-2H3,(H,22,25). The Kier molecular flexibility index (Phi) is 5.23. The van der Waals surface area contributed by atoms with Crippen molar-refractivity contribution in [3.8, 4) is 11.6 Å². The summed E-state index contributed by atoms with van der Waals surface area (Å²) in [7, 11) is 0. The fourth-order valence-electron chi connectivity index (χ4n) is 2.31. The molecule has 3 rings (SSSR count). The number of nitrogens with one attached hydrogen (secondary N) is 1. The molecule has 26 heavy (non-hydrogen) atoms. The first-order chi connectivity index (χ1) is 12.5. The van der Waals surface area contributed by atoms with E-state index in [9.17, 15) is 4.79 Å². The van der Waals surface area contributed by atoms with Crippen LogP contribution in [0.1, 0.15) is 19.4 Å². The van der Waals surface area contributed by atoms with Gasteiger partial charge in [-0.2, -0.15) is 0 Å². The third-order valence-electron chi connectivity index (χ3n) is 3.73. The van der Waals surface area contributed by atoms with Crippen molar-refractivity contribution in [2.75, 3.05) is 0 Å². The molecular formula is C19H19ClN4O2. The van der Waals surface area contributed by atoms with Gasteiger partial charge in [-0.3, -0.25) is 9.78 Å². The monoisotopic (exact) mass is 370 g/mol. The summed E-state index contributed by atoms with van der Waals surface area (Å²) in [5.41, 5.74) is 0.618. The van der Waals surface area contributed by atoms with Crippen molar-refractivity contribution in [2.24, 2.45) is 0 Å². The van der Waals surface area contributed by atoms with Crippen molar-refractivity contribution in [1.82, 2.24) is 20.1 Å². The van der Waals surface area contributed by atoms with E-state index in [-0.39, 0.29) is 11.8 Å². The van der Waals surface area contributed by atoms with E-state index in [0.29, 0.717) is 11.6 Å². The minimum absolute atomic E-state index is 0.206. The Hall–Kier alpha value is -2.86. The van der Waals surface area contributed by atoms with Crippen LogP contribution in [0.15, 0.2) is 61.1 Å². The van der Waals surface area contributed by atoms with Crippen LogP contribution in [0, 0.1) is 0 Å². The molecule has 1 amide bonds. The summed E-state index contributed by atoms with van der Waals surface area (Å²) in [5.74, 6) is -0.0660. The zero-order valence-electron chi connectivity index (χ0n) is 14.5. The lowest BCUT2D eigenvalue weighted by Gasteiger charge is -2.24. The van der Waals surface area contributed by atoms with Crippen molar-refractivity contribution in [2.45, 2.75) is 26.0 Å². The van der Waals surface area contributed by atoms with Crippen LogP contribution in [-0.2, 0) is 11.3 Å². The fraction of sp³-hybridized carbons (Fsp3) is 0.211. The average molecular weight is 371 g/mol. The molecule has 0 unspecified atom stereocenters. The molecule has 0 aliphatic carbocycles. The van der Waals surface area contributed by atoms with E-state index in [1.807, 2.05) is 42.5 Å². The third-order valence-corrected chi connectivity index (χ3v) is 3.99. The maximum atomic E-state index is 12.5. The minimum atomic E-state index is -1.14. The van der Waals surface area contributed by atoms with Crippen molar-refractivity contribution in [1.29, 1.82) is 0 Å². The molecular weight excluding hydrogens is 352 g/mol. The van der Waals surface area contributed by atoms with E-state index in [2.05, 4.69) is 15.4 Å². The topological polar surface area (TPSA) is 69.0 Å². The van der Waals surface area contributed by atoms with Gasteiger partial charge in [0.2, 0.25) is 0 Å². The Morgan fingerprint density at radius 2 is 2.00 bits per heavy atom. The largest absolute Gasteiger partial charge is 0.459 e. The van der Waals surface area contributed by atoms with Gasteiger partial charge in [-0.1, -0.05) is 35.9 Å². The summed E-state index contributed by atoms with van der Waals surface area (Å²) < 4.78 is 7.41. The number of aromatic nitrogens is 3. The van der Waals surface area contributed by atoms with Crippen molar-refractivity contribution < 1.29 is 9.53 Å². The zero-order valence-corrected chi connectivity index (χ0v) is 15.3. The van der Waals surface area contributed by atoms with E-state index in [0.717, 1.165) is 11.3 Å². The van der Waals surface area contributed by atoms with Gasteiger partial charge in [-0.05, 0) is 37.6 Å². The molecule has 0 bridgehead atoms. The molecule has 3 aromatic rings. The van der Waals surface area contributed by atoms with Gasteiger partial charge in [-0.15, -0.1) is 5.10 Å². The number of benzene rings is 1. The first kappa shape index (κ1) is 17.9. The Balaban J connectivity index is 1.69. The van der Waals surface area contributed by atoms with E-state index >= 15 is 0 Å². The lowest BCUT2D eigenvalue weighted by molar-refractivity contribution is -0.134. The van der Waals surface area contributed by atoms with E-state index in [4.69, 9.17) is 16.3 Å². The normalized spacial score (nSPS) is 11.2. The van der Waals surface area contributed by atoms with Gasteiger partial charge in [0.05, 0.1) is 11.9 Å². The summed E-state index contributed by atoms with van der Waals surface area (Å²) in [6, 6.07) is 13.2. The van der Waals surface area contributed by atoms with Crippen LogP contribution in [0.25, 0.3) is 5.69 Å². The number of carbonyl (C=O) groups is 1. The van der Waals surface area contributed by atoms with Crippen LogP contribution < -0.4 is 10.1 Å². The number of amides is 1. The molecule has 0 aliphatic heterocycles. The number of nitrogens with zero attached hydrogens (tertiary/aromatic N) is 3. The maximum Gasteiger partial charge on any atom is 0.263 e.